The minimum absolute atomic E-state index is 0.151. The zero-order valence-corrected chi connectivity index (χ0v) is 16.4. The third-order valence-corrected chi connectivity index (χ3v) is 6.69. The van der Waals surface area contributed by atoms with Crippen molar-refractivity contribution in [3.63, 3.8) is 0 Å². The molecule has 28 heavy (non-hydrogen) atoms. The van der Waals surface area contributed by atoms with Gasteiger partial charge in [-0.2, -0.15) is 0 Å². The van der Waals surface area contributed by atoms with Gasteiger partial charge in [-0.05, 0) is 25.3 Å². The van der Waals surface area contributed by atoms with Crippen molar-refractivity contribution in [2.75, 3.05) is 12.5 Å². The summed E-state index contributed by atoms with van der Waals surface area (Å²) in [6.07, 6.45) is -0.906. The summed E-state index contributed by atoms with van der Waals surface area (Å²) < 4.78 is 11.2. The van der Waals surface area contributed by atoms with E-state index >= 15 is 0 Å². The van der Waals surface area contributed by atoms with E-state index < -0.39 is 47.7 Å². The minimum atomic E-state index is -1.66. The highest BCUT2D eigenvalue weighted by atomic mass is 35.5. The van der Waals surface area contributed by atoms with Gasteiger partial charge in [-0.25, -0.2) is 9.59 Å². The molecule has 0 radical (unpaired) electrons. The van der Waals surface area contributed by atoms with Crippen LogP contribution in [0.25, 0.3) is 0 Å². The van der Waals surface area contributed by atoms with Gasteiger partial charge in [0.25, 0.3) is 0 Å². The van der Waals surface area contributed by atoms with Gasteiger partial charge in [0.1, 0.15) is 17.8 Å². The summed E-state index contributed by atoms with van der Waals surface area (Å²) in [7, 11) is 0. The van der Waals surface area contributed by atoms with Gasteiger partial charge in [-0.1, -0.05) is 18.7 Å². The number of ether oxygens (including phenoxy) is 2. The maximum absolute atomic E-state index is 12.4. The molecule has 7 atom stereocenters. The molecule has 3 rings (SSSR count). The van der Waals surface area contributed by atoms with E-state index in [-0.39, 0.29) is 42.4 Å². The molecule has 0 spiro atoms. The SMILES string of the molecule is C=C1CC(OC(=O)C(C)=CCO)C2C(=C)C(=O)OC2C2C1CC(O)C2(O)CCl. The maximum Gasteiger partial charge on any atom is 0.334 e. The van der Waals surface area contributed by atoms with Gasteiger partial charge in [0.2, 0.25) is 0 Å². The lowest BCUT2D eigenvalue weighted by molar-refractivity contribution is -0.155. The van der Waals surface area contributed by atoms with Gasteiger partial charge in [0.15, 0.2) is 0 Å². The van der Waals surface area contributed by atoms with Crippen molar-refractivity contribution >= 4 is 23.5 Å². The van der Waals surface area contributed by atoms with Gasteiger partial charge < -0.3 is 24.8 Å². The van der Waals surface area contributed by atoms with Crippen LogP contribution in [0.5, 0.6) is 0 Å². The van der Waals surface area contributed by atoms with Crippen LogP contribution in [0.4, 0.5) is 0 Å². The Morgan fingerprint density at radius 1 is 1.46 bits per heavy atom. The molecule has 8 heteroatoms. The Labute approximate surface area is 168 Å². The summed E-state index contributed by atoms with van der Waals surface area (Å²) in [6, 6.07) is 0. The highest BCUT2D eigenvalue weighted by molar-refractivity contribution is 6.18. The molecule has 7 unspecified atom stereocenters. The quantitative estimate of drug-likeness (QED) is 0.271. The molecule has 0 aromatic carbocycles. The summed E-state index contributed by atoms with van der Waals surface area (Å²) in [5, 5.41) is 30.5. The summed E-state index contributed by atoms with van der Waals surface area (Å²) in [4.78, 5) is 24.6. The van der Waals surface area contributed by atoms with Crippen LogP contribution in [-0.2, 0) is 19.1 Å². The van der Waals surface area contributed by atoms with E-state index in [4.69, 9.17) is 26.2 Å². The predicted molar refractivity (Wildman–Crippen MR) is 100 cm³/mol. The standard InChI is InChI=1S/C20H25ClO7/c1-9(4-5-22)18(24)27-13-6-10(2)12-7-14(23)20(26,8-21)16(12)17-15(13)11(3)19(25)28-17/h4,12-17,22-23,26H,2-3,5-8H2,1H3. The van der Waals surface area contributed by atoms with Crippen LogP contribution in [0.3, 0.4) is 0 Å². The zero-order valence-electron chi connectivity index (χ0n) is 15.6. The highest BCUT2D eigenvalue weighted by Gasteiger charge is 2.64. The number of aliphatic hydroxyl groups is 3. The normalized spacial score (nSPS) is 40.6. The Bertz CT molecular complexity index is 745. The predicted octanol–water partition coefficient (Wildman–Crippen LogP) is 0.861. The van der Waals surface area contributed by atoms with Gasteiger partial charge in [0.05, 0.1) is 24.5 Å². The Kier molecular flexibility index (Phi) is 5.74. The van der Waals surface area contributed by atoms with Crippen molar-refractivity contribution in [2.45, 2.75) is 43.7 Å². The molecule has 2 saturated carbocycles. The van der Waals surface area contributed by atoms with E-state index in [1.807, 2.05) is 0 Å². The van der Waals surface area contributed by atoms with Crippen LogP contribution in [0.1, 0.15) is 19.8 Å². The fraction of sp³-hybridized carbons (Fsp3) is 0.600. The largest absolute Gasteiger partial charge is 0.458 e. The first-order valence-corrected chi connectivity index (χ1v) is 9.71. The Morgan fingerprint density at radius 3 is 2.75 bits per heavy atom. The van der Waals surface area contributed by atoms with Crippen LogP contribution in [0, 0.1) is 17.8 Å². The number of alkyl halides is 1. The van der Waals surface area contributed by atoms with Crippen molar-refractivity contribution in [3.05, 3.63) is 36.0 Å². The van der Waals surface area contributed by atoms with Crippen LogP contribution in [0.15, 0.2) is 36.0 Å². The molecule has 1 saturated heterocycles. The first-order valence-electron chi connectivity index (χ1n) is 9.18. The summed E-state index contributed by atoms with van der Waals surface area (Å²) in [5.41, 5.74) is -0.588. The molecular formula is C20H25ClO7. The number of halogens is 1. The average molecular weight is 413 g/mol. The third-order valence-electron chi connectivity index (χ3n) is 6.26. The van der Waals surface area contributed by atoms with Crippen molar-refractivity contribution in [1.82, 2.24) is 0 Å². The lowest BCUT2D eigenvalue weighted by Gasteiger charge is -2.37. The molecule has 154 valence electrons. The summed E-state index contributed by atoms with van der Waals surface area (Å²) in [6.45, 7) is 9.10. The number of aliphatic hydroxyl groups excluding tert-OH is 2. The maximum atomic E-state index is 12.4. The molecule has 0 aromatic rings. The van der Waals surface area contributed by atoms with Gasteiger partial charge in [0, 0.05) is 23.5 Å². The van der Waals surface area contributed by atoms with Crippen LogP contribution >= 0.6 is 11.6 Å². The van der Waals surface area contributed by atoms with Crippen LogP contribution in [-0.4, -0.2) is 63.7 Å². The number of fused-ring (bicyclic) bond motifs is 3. The average Bonchev–Trinajstić information content (AvgIpc) is 3.04. The topological polar surface area (TPSA) is 113 Å². The van der Waals surface area contributed by atoms with Crippen molar-refractivity contribution in [3.8, 4) is 0 Å². The molecule has 0 amide bonds. The monoisotopic (exact) mass is 412 g/mol. The van der Waals surface area contributed by atoms with Crippen molar-refractivity contribution in [2.24, 2.45) is 17.8 Å². The van der Waals surface area contributed by atoms with Crippen molar-refractivity contribution < 1.29 is 34.4 Å². The van der Waals surface area contributed by atoms with Gasteiger partial charge in [-0.3, -0.25) is 0 Å². The molecule has 7 nitrogen and oxygen atoms in total. The molecule has 1 heterocycles. The second-order valence-corrected chi connectivity index (χ2v) is 8.07. The van der Waals surface area contributed by atoms with Crippen LogP contribution < -0.4 is 0 Å². The second-order valence-electron chi connectivity index (χ2n) is 7.81. The third kappa shape index (κ3) is 3.20. The number of hydrogen-bond donors (Lipinski definition) is 3. The molecular weight excluding hydrogens is 388 g/mol. The number of rotatable bonds is 4. The van der Waals surface area contributed by atoms with Crippen molar-refractivity contribution in [1.29, 1.82) is 0 Å². The number of carbonyl (C=O) groups excluding carboxylic acids is 2. The van der Waals surface area contributed by atoms with E-state index in [9.17, 15) is 19.8 Å². The zero-order chi connectivity index (χ0) is 20.8. The Morgan fingerprint density at radius 2 is 2.14 bits per heavy atom. The molecule has 2 aliphatic carbocycles. The Hall–Kier alpha value is -1.67. The van der Waals surface area contributed by atoms with E-state index in [1.54, 1.807) is 0 Å². The van der Waals surface area contributed by atoms with E-state index in [0.29, 0.717) is 5.57 Å². The van der Waals surface area contributed by atoms with E-state index in [0.717, 1.165) is 0 Å². The molecule has 3 fully saturated rings. The lowest BCUT2D eigenvalue weighted by atomic mass is 9.76. The number of hydrogen-bond acceptors (Lipinski definition) is 7. The minimum Gasteiger partial charge on any atom is -0.458 e. The summed E-state index contributed by atoms with van der Waals surface area (Å²) in [5.74, 6) is -3.20. The molecule has 3 aliphatic rings. The van der Waals surface area contributed by atoms with E-state index in [2.05, 4.69) is 13.2 Å². The first-order chi connectivity index (χ1) is 13.2. The fourth-order valence-corrected chi connectivity index (χ4v) is 5.07. The van der Waals surface area contributed by atoms with Crippen LogP contribution in [0.2, 0.25) is 0 Å². The summed E-state index contributed by atoms with van der Waals surface area (Å²) >= 11 is 6.01. The molecule has 1 aliphatic heterocycles. The smallest absolute Gasteiger partial charge is 0.334 e. The Balaban J connectivity index is 2.00. The molecule has 0 aromatic heterocycles. The van der Waals surface area contributed by atoms with Gasteiger partial charge >= 0.3 is 11.9 Å². The second kappa shape index (κ2) is 7.63. The lowest BCUT2D eigenvalue weighted by Crippen LogP contribution is -2.52. The highest BCUT2D eigenvalue weighted by Crippen LogP contribution is 2.55. The molecule has 0 bridgehead atoms. The first kappa shape index (κ1) is 21.0. The number of esters is 2. The fourth-order valence-electron chi connectivity index (χ4n) is 4.72. The molecule has 3 N–H and O–H groups in total. The van der Waals surface area contributed by atoms with Gasteiger partial charge in [-0.15, -0.1) is 11.6 Å². The van der Waals surface area contributed by atoms with E-state index in [1.165, 1.54) is 13.0 Å². The number of carbonyl (C=O) groups is 2.